The minimum Gasteiger partial charge on any atom is -0.464 e. The van der Waals surface area contributed by atoms with Crippen LogP contribution in [-0.4, -0.2) is 47.4 Å². The molecule has 6 rings (SSSR count). The summed E-state index contributed by atoms with van der Waals surface area (Å²) in [6, 6.07) is 2.34. The first kappa shape index (κ1) is 21.2. The van der Waals surface area contributed by atoms with Gasteiger partial charge in [0.25, 0.3) is 0 Å². The summed E-state index contributed by atoms with van der Waals surface area (Å²) in [7, 11) is 3.22. The molecule has 4 aromatic heterocycles. The highest BCUT2D eigenvalue weighted by molar-refractivity contribution is 5.96. The lowest BCUT2D eigenvalue weighted by Gasteiger charge is -2.14. The van der Waals surface area contributed by atoms with Crippen molar-refractivity contribution in [2.24, 2.45) is 7.05 Å². The molecule has 11 nitrogen and oxygen atoms in total. The van der Waals surface area contributed by atoms with Crippen LogP contribution in [0.25, 0.3) is 22.3 Å². The Morgan fingerprint density at radius 1 is 1.29 bits per heavy atom. The van der Waals surface area contributed by atoms with Gasteiger partial charge in [-0.05, 0) is 32.6 Å². The molecule has 0 radical (unpaired) electrons. The number of aromatic nitrogens is 7. The van der Waals surface area contributed by atoms with E-state index in [0.29, 0.717) is 22.9 Å². The predicted octanol–water partition coefficient (Wildman–Crippen LogP) is 3.35. The van der Waals surface area contributed by atoms with E-state index in [9.17, 15) is 10.1 Å². The number of pyridine rings is 1. The van der Waals surface area contributed by atoms with Gasteiger partial charge in [-0.2, -0.15) is 10.4 Å². The molecular formula is C24H23N9O2. The summed E-state index contributed by atoms with van der Waals surface area (Å²) in [6.45, 7) is 1.85. The van der Waals surface area contributed by atoms with Gasteiger partial charge < -0.3 is 14.6 Å². The Morgan fingerprint density at radius 3 is 2.77 bits per heavy atom. The van der Waals surface area contributed by atoms with Crippen LogP contribution >= 0.6 is 0 Å². The van der Waals surface area contributed by atoms with Crippen LogP contribution in [0, 0.1) is 18.3 Å². The molecule has 0 aliphatic heterocycles. The van der Waals surface area contributed by atoms with Gasteiger partial charge >= 0.3 is 5.97 Å². The van der Waals surface area contributed by atoms with E-state index in [1.807, 2.05) is 18.5 Å². The van der Waals surface area contributed by atoms with E-state index in [-0.39, 0.29) is 11.6 Å². The normalized spacial score (nSPS) is 16.2. The first-order valence-electron chi connectivity index (χ1n) is 11.4. The molecule has 2 fully saturated rings. The second-order valence-electron chi connectivity index (χ2n) is 9.17. The Hall–Kier alpha value is -4.33. The maximum absolute atomic E-state index is 12.8. The molecule has 35 heavy (non-hydrogen) atoms. The van der Waals surface area contributed by atoms with Crippen molar-refractivity contribution in [3.05, 3.63) is 42.0 Å². The minimum atomic E-state index is -0.606. The maximum Gasteiger partial charge on any atom is 0.360 e. The summed E-state index contributed by atoms with van der Waals surface area (Å²) in [5.41, 5.74) is 4.55. The zero-order valence-electron chi connectivity index (χ0n) is 19.6. The highest BCUT2D eigenvalue weighted by Crippen LogP contribution is 2.45. The fourth-order valence-corrected chi connectivity index (χ4v) is 4.27. The first-order chi connectivity index (χ1) is 16.9. The van der Waals surface area contributed by atoms with Crippen LogP contribution in [0.5, 0.6) is 0 Å². The first-order valence-corrected chi connectivity index (χ1v) is 11.4. The average molecular weight is 470 g/mol. The van der Waals surface area contributed by atoms with Crippen molar-refractivity contribution in [1.29, 1.82) is 5.26 Å². The highest BCUT2D eigenvalue weighted by atomic mass is 16.5. The summed E-state index contributed by atoms with van der Waals surface area (Å²) >= 11 is 0. The van der Waals surface area contributed by atoms with Gasteiger partial charge in [0.1, 0.15) is 11.1 Å². The molecule has 0 saturated heterocycles. The lowest BCUT2D eigenvalue weighted by Crippen LogP contribution is -2.15. The molecule has 0 bridgehead atoms. The van der Waals surface area contributed by atoms with Gasteiger partial charge in [0.05, 0.1) is 60.2 Å². The molecule has 11 heteroatoms. The number of rotatable bonds is 6. The molecule has 0 aromatic carbocycles. The number of ether oxygens (including phenoxy) is 1. The third kappa shape index (κ3) is 3.41. The van der Waals surface area contributed by atoms with Crippen LogP contribution < -0.4 is 5.32 Å². The zero-order valence-corrected chi connectivity index (χ0v) is 19.6. The molecule has 0 unspecified atom stereocenters. The number of fused-ring (bicyclic) bond motifs is 1. The molecule has 2 aliphatic carbocycles. The van der Waals surface area contributed by atoms with Crippen molar-refractivity contribution < 1.29 is 9.53 Å². The van der Waals surface area contributed by atoms with Crippen molar-refractivity contribution in [2.45, 2.75) is 44.1 Å². The molecule has 2 aliphatic rings. The number of carbonyl (C=O) groups is 1. The Morgan fingerprint density at radius 2 is 2.09 bits per heavy atom. The monoisotopic (exact) mass is 469 g/mol. The molecule has 0 spiro atoms. The Balaban J connectivity index is 1.49. The number of esters is 1. The smallest absolute Gasteiger partial charge is 0.360 e. The average Bonchev–Trinajstić information content (AvgIpc) is 3.80. The molecule has 176 valence electrons. The Labute approximate surface area is 200 Å². The molecule has 0 amide bonds. The van der Waals surface area contributed by atoms with Gasteiger partial charge in [-0.3, -0.25) is 4.98 Å². The second-order valence-corrected chi connectivity index (χ2v) is 9.17. The predicted molar refractivity (Wildman–Crippen MR) is 126 cm³/mol. The summed E-state index contributed by atoms with van der Waals surface area (Å²) in [4.78, 5) is 31.4. The number of carbonyl (C=O) groups excluding carboxylic acids is 1. The van der Waals surface area contributed by atoms with Crippen molar-refractivity contribution in [2.75, 3.05) is 12.4 Å². The second kappa shape index (κ2) is 7.59. The Bertz CT molecular complexity index is 1540. The number of nitrogens with one attached hydrogen (secondary N) is 1. The standard InChI is InChI=1S/C24H23N9O2/c1-13-16(10-33(31-13)24(11-25)6-7-24)28-22-21(23(34)35-3)29-20(18(30-22)14-4-5-14)15-8-26-9-17-19(15)27-12-32(17)2/h8-10,12,14H,4-7H2,1-3H3,(H,28,30). The highest BCUT2D eigenvalue weighted by Gasteiger charge is 2.46. The maximum atomic E-state index is 12.8. The topological polar surface area (TPSA) is 136 Å². The summed E-state index contributed by atoms with van der Waals surface area (Å²) in [6.07, 6.45) is 10.5. The van der Waals surface area contributed by atoms with Crippen molar-refractivity contribution in [3.8, 4) is 17.3 Å². The fourth-order valence-electron chi connectivity index (χ4n) is 4.27. The fraction of sp³-hybridized carbons (Fsp3) is 0.375. The lowest BCUT2D eigenvalue weighted by atomic mass is 10.1. The van der Waals surface area contributed by atoms with E-state index < -0.39 is 11.5 Å². The van der Waals surface area contributed by atoms with E-state index in [1.54, 1.807) is 29.6 Å². The van der Waals surface area contributed by atoms with Crippen molar-refractivity contribution in [3.63, 3.8) is 0 Å². The number of nitrogens with zero attached hydrogens (tertiary/aromatic N) is 8. The van der Waals surface area contributed by atoms with Gasteiger partial charge in [-0.15, -0.1) is 0 Å². The number of anilines is 2. The number of nitriles is 1. The van der Waals surface area contributed by atoms with Crippen LogP contribution in [0.1, 0.15) is 53.5 Å². The number of aryl methyl sites for hydroxylation is 2. The van der Waals surface area contributed by atoms with Crippen LogP contribution in [0.3, 0.4) is 0 Å². The van der Waals surface area contributed by atoms with E-state index in [2.05, 4.69) is 26.5 Å². The summed E-state index contributed by atoms with van der Waals surface area (Å²) < 4.78 is 8.63. The van der Waals surface area contributed by atoms with E-state index in [4.69, 9.17) is 14.7 Å². The van der Waals surface area contributed by atoms with Gasteiger partial charge in [-0.1, -0.05) is 0 Å². The molecule has 1 N–H and O–H groups in total. The number of hydrogen-bond donors (Lipinski definition) is 1. The number of hydrogen-bond acceptors (Lipinski definition) is 9. The SMILES string of the molecule is COC(=O)c1nc(-c2cncc3c2ncn3C)c(C2CC2)nc1Nc1cn(C2(C#N)CC2)nc1C. The van der Waals surface area contributed by atoms with Gasteiger partial charge in [-0.25, -0.2) is 24.4 Å². The van der Waals surface area contributed by atoms with Gasteiger partial charge in [0.2, 0.25) is 0 Å². The van der Waals surface area contributed by atoms with Gasteiger partial charge in [0.15, 0.2) is 11.5 Å². The largest absolute Gasteiger partial charge is 0.464 e. The molecule has 4 aromatic rings. The summed E-state index contributed by atoms with van der Waals surface area (Å²) in [5, 5.41) is 17.3. The molecule has 4 heterocycles. The number of imidazole rings is 1. The van der Waals surface area contributed by atoms with Crippen molar-refractivity contribution >= 4 is 28.5 Å². The Kier molecular flexibility index (Phi) is 4.60. The lowest BCUT2D eigenvalue weighted by molar-refractivity contribution is 0.0595. The number of methoxy groups -OCH3 is 1. The quantitative estimate of drug-likeness (QED) is 0.421. The third-order valence-corrected chi connectivity index (χ3v) is 6.68. The van der Waals surface area contributed by atoms with Crippen LogP contribution in [0.15, 0.2) is 24.9 Å². The van der Waals surface area contributed by atoms with E-state index in [1.165, 1.54) is 7.11 Å². The third-order valence-electron chi connectivity index (χ3n) is 6.68. The van der Waals surface area contributed by atoms with Gasteiger partial charge in [0, 0.05) is 24.7 Å². The zero-order chi connectivity index (χ0) is 24.3. The minimum absolute atomic E-state index is 0.0633. The van der Waals surface area contributed by atoms with Crippen LogP contribution in [-0.2, 0) is 17.3 Å². The molecule has 2 saturated carbocycles. The van der Waals surface area contributed by atoms with Crippen LogP contribution in [0.2, 0.25) is 0 Å². The van der Waals surface area contributed by atoms with Crippen molar-refractivity contribution in [1.82, 2.24) is 34.3 Å². The van der Waals surface area contributed by atoms with E-state index in [0.717, 1.165) is 48.0 Å². The summed E-state index contributed by atoms with van der Waals surface area (Å²) in [5.74, 6) is -0.0700. The van der Waals surface area contributed by atoms with Crippen LogP contribution in [0.4, 0.5) is 11.5 Å². The van der Waals surface area contributed by atoms with E-state index >= 15 is 0 Å². The molecule has 0 atom stereocenters. The molecular weight excluding hydrogens is 446 g/mol.